The van der Waals surface area contributed by atoms with Crippen LogP contribution in [0.1, 0.15) is 26.8 Å². The summed E-state index contributed by atoms with van der Waals surface area (Å²) < 4.78 is 7.84. The molecule has 0 aliphatic carbocycles. The molecule has 0 saturated heterocycles. The number of hydrogen-bond donors (Lipinski definition) is 2. The number of carbonyl (C=O) groups excluding carboxylic acids is 1. The number of amides is 1. The summed E-state index contributed by atoms with van der Waals surface area (Å²) in [7, 11) is 0. The highest BCUT2D eigenvalue weighted by Crippen LogP contribution is 2.29. The van der Waals surface area contributed by atoms with E-state index in [0.29, 0.717) is 11.4 Å². The van der Waals surface area contributed by atoms with Gasteiger partial charge in [-0.3, -0.25) is 4.79 Å². The highest BCUT2D eigenvalue weighted by Gasteiger charge is 2.25. The van der Waals surface area contributed by atoms with Gasteiger partial charge in [0.15, 0.2) is 4.77 Å². The van der Waals surface area contributed by atoms with Crippen LogP contribution in [0.2, 0.25) is 0 Å². The molecule has 0 saturated carbocycles. The van der Waals surface area contributed by atoms with E-state index in [1.807, 2.05) is 39.0 Å². The van der Waals surface area contributed by atoms with Crippen LogP contribution < -0.4 is 10.5 Å². The van der Waals surface area contributed by atoms with E-state index < -0.39 is 6.04 Å². The number of ether oxygens (including phenoxy) is 1. The first-order valence-corrected chi connectivity index (χ1v) is 7.03. The van der Waals surface area contributed by atoms with Gasteiger partial charge in [0, 0.05) is 0 Å². The second-order valence-corrected chi connectivity index (χ2v) is 5.36. The predicted octanol–water partition coefficient (Wildman–Crippen LogP) is 2.78. The molecule has 5 nitrogen and oxygen atoms in total. The molecule has 108 valence electrons. The van der Waals surface area contributed by atoms with Gasteiger partial charge in [-0.1, -0.05) is 19.9 Å². The van der Waals surface area contributed by atoms with E-state index in [2.05, 4.69) is 4.98 Å². The van der Waals surface area contributed by atoms with Crippen molar-refractivity contribution in [1.82, 2.24) is 9.55 Å². The van der Waals surface area contributed by atoms with E-state index in [-0.39, 0.29) is 11.8 Å². The van der Waals surface area contributed by atoms with Crippen LogP contribution >= 0.6 is 12.2 Å². The molecule has 3 N–H and O–H groups in total. The van der Waals surface area contributed by atoms with E-state index >= 15 is 0 Å². The van der Waals surface area contributed by atoms with Crippen molar-refractivity contribution in [2.75, 3.05) is 6.61 Å². The minimum Gasteiger partial charge on any atom is -0.492 e. The maximum atomic E-state index is 11.8. The van der Waals surface area contributed by atoms with E-state index in [4.69, 9.17) is 22.7 Å². The minimum absolute atomic E-state index is 0.0500. The fraction of sp³-hybridized carbons (Fsp3) is 0.429. The van der Waals surface area contributed by atoms with Crippen molar-refractivity contribution >= 4 is 29.2 Å². The number of primary amides is 1. The second kappa shape index (κ2) is 5.66. The molecular formula is C14H19N3O2S. The van der Waals surface area contributed by atoms with Crippen molar-refractivity contribution in [3.8, 4) is 5.75 Å². The summed E-state index contributed by atoms with van der Waals surface area (Å²) >= 11 is 5.36. The van der Waals surface area contributed by atoms with Crippen LogP contribution in [0.5, 0.6) is 5.75 Å². The van der Waals surface area contributed by atoms with Gasteiger partial charge in [0.25, 0.3) is 0 Å². The summed E-state index contributed by atoms with van der Waals surface area (Å²) in [6.45, 7) is 6.38. The molecule has 1 atom stereocenters. The normalized spacial score (nSPS) is 12.8. The predicted molar refractivity (Wildman–Crippen MR) is 81.4 cm³/mol. The molecule has 0 bridgehead atoms. The number of H-pyrrole nitrogens is 1. The fourth-order valence-electron chi connectivity index (χ4n) is 2.43. The third-order valence-corrected chi connectivity index (χ3v) is 3.51. The first kappa shape index (κ1) is 14.6. The lowest BCUT2D eigenvalue weighted by Gasteiger charge is -2.19. The van der Waals surface area contributed by atoms with E-state index in [1.165, 1.54) is 0 Å². The van der Waals surface area contributed by atoms with Gasteiger partial charge in [-0.05, 0) is 37.2 Å². The summed E-state index contributed by atoms with van der Waals surface area (Å²) in [5, 5.41) is 0. The van der Waals surface area contributed by atoms with Crippen LogP contribution in [0, 0.1) is 10.7 Å². The monoisotopic (exact) mass is 293 g/mol. The Labute approximate surface area is 122 Å². The number of aromatic amines is 1. The maximum absolute atomic E-state index is 11.8. The van der Waals surface area contributed by atoms with Gasteiger partial charge in [-0.25, -0.2) is 0 Å². The molecule has 2 rings (SSSR count). The Morgan fingerprint density at radius 3 is 2.75 bits per heavy atom. The molecule has 1 unspecified atom stereocenters. The van der Waals surface area contributed by atoms with Gasteiger partial charge < -0.3 is 20.0 Å². The van der Waals surface area contributed by atoms with Gasteiger partial charge in [-0.15, -0.1) is 0 Å². The fourth-order valence-corrected chi connectivity index (χ4v) is 2.74. The smallest absolute Gasteiger partial charge is 0.240 e. The van der Waals surface area contributed by atoms with Gasteiger partial charge in [0.05, 0.1) is 12.1 Å². The lowest BCUT2D eigenvalue weighted by atomic mass is 10.0. The molecule has 0 radical (unpaired) electrons. The summed E-state index contributed by atoms with van der Waals surface area (Å²) in [6, 6.07) is 5.18. The van der Waals surface area contributed by atoms with Gasteiger partial charge >= 0.3 is 0 Å². The Balaban J connectivity index is 2.71. The molecule has 1 amide bonds. The van der Waals surface area contributed by atoms with E-state index in [0.717, 1.165) is 16.8 Å². The number of imidazole rings is 1. The minimum atomic E-state index is -0.479. The second-order valence-electron chi connectivity index (χ2n) is 4.97. The number of rotatable bonds is 5. The van der Waals surface area contributed by atoms with Crippen LogP contribution in [0.25, 0.3) is 11.0 Å². The molecule has 0 aliphatic heterocycles. The Bertz CT molecular complexity index is 687. The average Bonchev–Trinajstić information content (AvgIpc) is 2.68. The van der Waals surface area contributed by atoms with Crippen LogP contribution in [0.3, 0.4) is 0 Å². The SMILES string of the molecule is CCOc1cccc2c1[nH]c(=S)n2C(C(N)=O)C(C)C. The van der Waals surface area contributed by atoms with Gasteiger partial charge in [-0.2, -0.15) is 0 Å². The zero-order chi connectivity index (χ0) is 14.9. The highest BCUT2D eigenvalue weighted by atomic mass is 32.1. The molecule has 1 aromatic carbocycles. The topological polar surface area (TPSA) is 73.0 Å². The average molecular weight is 293 g/mol. The van der Waals surface area contributed by atoms with Crippen LogP contribution in [0.4, 0.5) is 0 Å². The number of para-hydroxylation sites is 1. The number of nitrogens with zero attached hydrogens (tertiary/aromatic N) is 1. The number of fused-ring (bicyclic) bond motifs is 1. The van der Waals surface area contributed by atoms with Gasteiger partial charge in [0.2, 0.25) is 5.91 Å². The zero-order valence-corrected chi connectivity index (χ0v) is 12.7. The number of nitrogens with two attached hydrogens (primary N) is 1. The maximum Gasteiger partial charge on any atom is 0.240 e. The summed E-state index contributed by atoms with van der Waals surface area (Å²) in [6.07, 6.45) is 0. The molecule has 0 aliphatic rings. The Morgan fingerprint density at radius 1 is 1.50 bits per heavy atom. The molecule has 6 heteroatoms. The Kier molecular flexibility index (Phi) is 4.13. The quantitative estimate of drug-likeness (QED) is 0.833. The summed E-state index contributed by atoms with van der Waals surface area (Å²) in [5.41, 5.74) is 7.16. The number of benzene rings is 1. The lowest BCUT2D eigenvalue weighted by Crippen LogP contribution is -2.30. The van der Waals surface area contributed by atoms with Crippen LogP contribution in [-0.4, -0.2) is 22.1 Å². The number of hydrogen-bond acceptors (Lipinski definition) is 3. The van der Waals surface area contributed by atoms with Crippen molar-refractivity contribution in [2.45, 2.75) is 26.8 Å². The third kappa shape index (κ3) is 2.43. The zero-order valence-electron chi connectivity index (χ0n) is 11.8. The third-order valence-electron chi connectivity index (χ3n) is 3.22. The summed E-state index contributed by atoms with van der Waals surface area (Å²) in [5.74, 6) is 0.384. The van der Waals surface area contributed by atoms with Crippen LogP contribution in [-0.2, 0) is 4.79 Å². The Morgan fingerprint density at radius 2 is 2.20 bits per heavy atom. The van der Waals surface area contributed by atoms with Crippen molar-refractivity contribution in [1.29, 1.82) is 0 Å². The first-order valence-electron chi connectivity index (χ1n) is 6.62. The lowest BCUT2D eigenvalue weighted by molar-refractivity contribution is -0.122. The molecule has 1 aromatic heterocycles. The molecular weight excluding hydrogens is 274 g/mol. The Hall–Kier alpha value is -1.82. The molecule has 0 fully saturated rings. The summed E-state index contributed by atoms with van der Waals surface area (Å²) in [4.78, 5) is 14.9. The number of aromatic nitrogens is 2. The van der Waals surface area contributed by atoms with Crippen molar-refractivity contribution < 1.29 is 9.53 Å². The largest absolute Gasteiger partial charge is 0.492 e. The highest BCUT2D eigenvalue weighted by molar-refractivity contribution is 7.71. The molecule has 1 heterocycles. The van der Waals surface area contributed by atoms with Crippen LogP contribution in [0.15, 0.2) is 18.2 Å². The first-order chi connectivity index (χ1) is 9.47. The van der Waals surface area contributed by atoms with Crippen molar-refractivity contribution in [2.24, 2.45) is 11.7 Å². The van der Waals surface area contributed by atoms with Gasteiger partial charge in [0.1, 0.15) is 17.3 Å². The van der Waals surface area contributed by atoms with Crippen molar-refractivity contribution in [3.63, 3.8) is 0 Å². The van der Waals surface area contributed by atoms with E-state index in [9.17, 15) is 4.79 Å². The number of nitrogens with one attached hydrogen (secondary N) is 1. The molecule has 2 aromatic rings. The molecule has 0 spiro atoms. The number of carbonyl (C=O) groups is 1. The molecule has 20 heavy (non-hydrogen) atoms. The standard InChI is InChI=1S/C14H19N3O2S/c1-4-19-10-7-5-6-9-11(10)16-14(20)17(9)12(8(2)3)13(15)18/h5-8,12H,4H2,1-3H3,(H2,15,18)(H,16,20). The van der Waals surface area contributed by atoms with Crippen molar-refractivity contribution in [3.05, 3.63) is 23.0 Å². The van der Waals surface area contributed by atoms with E-state index in [1.54, 1.807) is 4.57 Å².